The molecule has 2 atom stereocenters. The Hall–Kier alpha value is -5.05. The predicted octanol–water partition coefficient (Wildman–Crippen LogP) is 9.07. The van der Waals surface area contributed by atoms with E-state index in [-0.39, 0.29) is 24.0 Å². The van der Waals surface area contributed by atoms with E-state index in [1.54, 1.807) is 6.20 Å². The lowest BCUT2D eigenvalue weighted by molar-refractivity contribution is -0.133. The zero-order valence-corrected chi connectivity index (χ0v) is 28.6. The molecule has 1 fully saturated rings. The monoisotopic (exact) mass is 688 g/mol. The number of nitrogens with one attached hydrogen (secondary N) is 2. The van der Waals surface area contributed by atoms with Gasteiger partial charge in [-0.3, -0.25) is 4.79 Å². The number of hydrogen-bond acceptors (Lipinski definition) is 5. The van der Waals surface area contributed by atoms with Crippen LogP contribution >= 0.6 is 23.2 Å². The number of nitrogens with zero attached hydrogens (tertiary/aromatic N) is 4. The minimum absolute atomic E-state index is 0.0536. The first kappa shape index (κ1) is 31.2. The highest BCUT2D eigenvalue weighted by molar-refractivity contribution is 6.32. The topological polar surface area (TPSA) is 88.1 Å². The van der Waals surface area contributed by atoms with Gasteiger partial charge in [0.05, 0.1) is 41.7 Å². The molecule has 49 heavy (non-hydrogen) atoms. The average Bonchev–Trinajstić information content (AvgIpc) is 3.84. The number of ether oxygens (including phenoxy) is 1. The molecule has 8 rings (SSSR count). The maximum Gasteiger partial charge on any atom is 0.238 e. The Bertz CT molecular complexity index is 2220. The number of benzene rings is 3. The summed E-state index contributed by atoms with van der Waals surface area (Å²) in [6, 6.07) is 25.7. The molecule has 8 nitrogen and oxygen atoms in total. The van der Waals surface area contributed by atoms with Gasteiger partial charge in [0.25, 0.3) is 0 Å². The highest BCUT2D eigenvalue weighted by Crippen LogP contribution is 2.50. The number of pyridine rings is 1. The van der Waals surface area contributed by atoms with Crippen LogP contribution in [0.3, 0.4) is 0 Å². The fourth-order valence-corrected chi connectivity index (χ4v) is 7.46. The van der Waals surface area contributed by atoms with Gasteiger partial charge >= 0.3 is 0 Å². The van der Waals surface area contributed by atoms with E-state index < -0.39 is 0 Å². The van der Waals surface area contributed by atoms with Crippen LogP contribution in [-0.2, 0) is 4.79 Å². The third-order valence-electron chi connectivity index (χ3n) is 9.32. The van der Waals surface area contributed by atoms with E-state index in [9.17, 15) is 4.79 Å². The van der Waals surface area contributed by atoms with Crippen LogP contribution in [0.25, 0.3) is 39.1 Å². The highest BCUT2D eigenvalue weighted by Gasteiger charge is 2.35. The molecular formula is C39H34Cl2N6O2. The molecule has 10 heteroatoms. The number of anilines is 1. The summed E-state index contributed by atoms with van der Waals surface area (Å²) in [6.45, 7) is 9.56. The number of halogens is 2. The number of aromatic nitrogens is 4. The number of aromatic amines is 1. The van der Waals surface area contributed by atoms with Crippen molar-refractivity contribution in [2.24, 2.45) is 5.92 Å². The molecule has 3 aromatic heterocycles. The first-order valence-corrected chi connectivity index (χ1v) is 17.1. The van der Waals surface area contributed by atoms with Gasteiger partial charge in [-0.15, -0.1) is 0 Å². The lowest BCUT2D eigenvalue weighted by Gasteiger charge is -2.29. The molecule has 0 radical (unpaired) electrons. The van der Waals surface area contributed by atoms with E-state index in [0.717, 1.165) is 56.7 Å². The van der Waals surface area contributed by atoms with E-state index in [2.05, 4.69) is 50.7 Å². The Morgan fingerprint density at radius 1 is 1.02 bits per heavy atom. The van der Waals surface area contributed by atoms with Crippen molar-refractivity contribution < 1.29 is 9.53 Å². The second-order valence-electron chi connectivity index (χ2n) is 12.9. The molecule has 3 aromatic carbocycles. The third kappa shape index (κ3) is 5.55. The van der Waals surface area contributed by atoms with Crippen LogP contribution in [0.1, 0.15) is 43.1 Å². The smallest absolute Gasteiger partial charge is 0.238 e. The van der Waals surface area contributed by atoms with Crippen molar-refractivity contribution in [2.45, 2.75) is 32.4 Å². The zero-order chi connectivity index (χ0) is 33.8. The summed E-state index contributed by atoms with van der Waals surface area (Å²) in [5.41, 5.74) is 8.93. The summed E-state index contributed by atoms with van der Waals surface area (Å²) < 4.78 is 8.61. The highest BCUT2D eigenvalue weighted by atomic mass is 35.5. The Labute approximate surface area is 294 Å². The van der Waals surface area contributed by atoms with Gasteiger partial charge in [0.1, 0.15) is 11.8 Å². The number of hydrogen-bond donors (Lipinski definition) is 2. The number of carbonyl (C=O) groups is 1. The minimum Gasteiger partial charge on any atom is -0.471 e. The molecule has 0 bridgehead atoms. The van der Waals surface area contributed by atoms with Gasteiger partial charge in [-0.1, -0.05) is 86.1 Å². The number of carbonyl (C=O) groups excluding carboxylic acids is 1. The van der Waals surface area contributed by atoms with Crippen LogP contribution in [-0.4, -0.2) is 49.5 Å². The normalized spacial score (nSPS) is 16.6. The quantitative estimate of drug-likeness (QED) is 0.166. The van der Waals surface area contributed by atoms with Crippen molar-refractivity contribution >= 4 is 51.4 Å². The van der Waals surface area contributed by atoms with Crippen LogP contribution in [0.2, 0.25) is 10.0 Å². The van der Waals surface area contributed by atoms with Crippen molar-refractivity contribution in [1.82, 2.24) is 24.4 Å². The Morgan fingerprint density at radius 3 is 2.59 bits per heavy atom. The number of H-pyrrole nitrogens is 1. The molecule has 0 spiro atoms. The van der Waals surface area contributed by atoms with E-state index in [1.807, 2.05) is 79.7 Å². The molecule has 0 saturated carbocycles. The van der Waals surface area contributed by atoms with Crippen molar-refractivity contribution in [3.8, 4) is 28.4 Å². The molecule has 1 amide bonds. The number of amides is 1. The number of likely N-dealkylation sites (tertiary alicyclic amines) is 1. The molecule has 1 saturated heterocycles. The van der Waals surface area contributed by atoms with Crippen LogP contribution < -0.4 is 10.1 Å². The lowest BCUT2D eigenvalue weighted by Crippen LogP contribution is -2.33. The van der Waals surface area contributed by atoms with E-state index in [0.29, 0.717) is 40.4 Å². The Morgan fingerprint density at radius 2 is 1.82 bits per heavy atom. The summed E-state index contributed by atoms with van der Waals surface area (Å²) in [5, 5.41) is 5.85. The predicted molar refractivity (Wildman–Crippen MR) is 196 cm³/mol. The number of imidazole rings is 1. The molecule has 246 valence electrons. The minimum atomic E-state index is -0.192. The lowest BCUT2D eigenvalue weighted by atomic mass is 9.87. The van der Waals surface area contributed by atoms with Crippen LogP contribution in [0.15, 0.2) is 98.0 Å². The third-order valence-corrected chi connectivity index (χ3v) is 9.79. The molecule has 6 aromatic rings. The zero-order valence-electron chi connectivity index (χ0n) is 27.1. The van der Waals surface area contributed by atoms with Crippen molar-refractivity contribution in [1.29, 1.82) is 0 Å². The summed E-state index contributed by atoms with van der Waals surface area (Å²) in [7, 11) is 0. The number of rotatable bonds is 8. The van der Waals surface area contributed by atoms with Gasteiger partial charge in [0.15, 0.2) is 0 Å². The van der Waals surface area contributed by atoms with Gasteiger partial charge < -0.3 is 24.5 Å². The van der Waals surface area contributed by atoms with Gasteiger partial charge in [-0.2, -0.15) is 0 Å². The van der Waals surface area contributed by atoms with Crippen LogP contribution in [0, 0.1) is 5.92 Å². The fourth-order valence-electron chi connectivity index (χ4n) is 7.11. The Kier molecular flexibility index (Phi) is 7.93. The Balaban J connectivity index is 1.22. The summed E-state index contributed by atoms with van der Waals surface area (Å²) in [6.07, 6.45) is 4.20. The van der Waals surface area contributed by atoms with Gasteiger partial charge in [0.2, 0.25) is 11.8 Å². The summed E-state index contributed by atoms with van der Waals surface area (Å²) >= 11 is 13.1. The number of fused-ring (bicyclic) bond motifs is 2. The second kappa shape index (κ2) is 12.4. The first-order valence-electron chi connectivity index (χ1n) is 16.4. The SMILES string of the molecule is C=C(Nc1cccnc1OC1CCN(C(=O)C(C)C)C1)c1[nH]c2cc(Cl)cc3c2c1-c1c(-c2ccccc2)ncn1[C@@H]3c1ccc(Cl)cc1. The van der Waals surface area contributed by atoms with Crippen LogP contribution in [0.4, 0.5) is 5.69 Å². The van der Waals surface area contributed by atoms with E-state index >= 15 is 0 Å². The van der Waals surface area contributed by atoms with Crippen molar-refractivity contribution in [3.63, 3.8) is 0 Å². The molecule has 2 N–H and O–H groups in total. The molecule has 2 aliphatic rings. The van der Waals surface area contributed by atoms with Crippen molar-refractivity contribution in [3.05, 3.63) is 125 Å². The van der Waals surface area contributed by atoms with Gasteiger partial charge in [-0.25, -0.2) is 9.97 Å². The fraction of sp³-hybridized carbons (Fsp3) is 0.205. The first-order chi connectivity index (χ1) is 23.8. The summed E-state index contributed by atoms with van der Waals surface area (Å²) in [5.74, 6) is 0.541. The van der Waals surface area contributed by atoms with Gasteiger partial charge in [0, 0.05) is 57.2 Å². The maximum atomic E-state index is 12.6. The van der Waals surface area contributed by atoms with E-state index in [4.69, 9.17) is 32.9 Å². The molecular weight excluding hydrogens is 655 g/mol. The summed E-state index contributed by atoms with van der Waals surface area (Å²) in [4.78, 5) is 27.7. The van der Waals surface area contributed by atoms with Crippen molar-refractivity contribution in [2.75, 3.05) is 18.4 Å². The molecule has 5 heterocycles. The van der Waals surface area contributed by atoms with E-state index in [1.165, 1.54) is 0 Å². The standard InChI is InChI=1S/C39H34Cl2N6O2/c1-22(2)39(48)46-17-15-28(20-46)49-38-30(10-7-16-42-38)44-23(3)34-33-32-29(18-27(41)19-31(32)45-34)36(25-11-13-26(40)14-12-25)47-21-43-35(37(33)47)24-8-5-4-6-9-24/h4-14,16,18-19,21-22,28,36,44-45H,3,15,17,20H2,1-2H3/t28?,36-/m1/s1. The molecule has 1 unspecified atom stereocenters. The molecule has 0 aliphatic carbocycles. The molecule has 2 aliphatic heterocycles. The largest absolute Gasteiger partial charge is 0.471 e. The van der Waals surface area contributed by atoms with Gasteiger partial charge in [-0.05, 0) is 47.5 Å². The van der Waals surface area contributed by atoms with Crippen LogP contribution in [0.5, 0.6) is 5.88 Å². The second-order valence-corrected chi connectivity index (χ2v) is 13.8. The maximum absolute atomic E-state index is 12.6. The average molecular weight is 690 g/mol.